The molecular formula is C12H20O2. The molecule has 2 saturated carbocycles. The molecule has 0 bridgehead atoms. The van der Waals surface area contributed by atoms with E-state index in [2.05, 4.69) is 0 Å². The summed E-state index contributed by atoms with van der Waals surface area (Å²) in [5, 5.41) is 9.75. The molecule has 0 aliphatic heterocycles. The molecule has 14 heavy (non-hydrogen) atoms. The summed E-state index contributed by atoms with van der Waals surface area (Å²) in [5.41, 5.74) is 0. The molecule has 0 aromatic rings. The molecule has 0 aromatic carbocycles. The van der Waals surface area contributed by atoms with Crippen molar-refractivity contribution in [2.75, 3.05) is 0 Å². The SMILES string of the molecule is O=C(C1CCCCCC1)C(O)C1CC1. The van der Waals surface area contributed by atoms with Crippen molar-refractivity contribution in [3.8, 4) is 0 Å². The molecule has 80 valence electrons. The molecule has 1 N–H and O–H groups in total. The number of Topliss-reactive ketones (excluding diaryl/α,β-unsaturated/α-hetero) is 1. The van der Waals surface area contributed by atoms with Gasteiger partial charge in [-0.1, -0.05) is 25.7 Å². The number of aliphatic hydroxyl groups is 1. The van der Waals surface area contributed by atoms with Crippen LogP contribution in [0.25, 0.3) is 0 Å². The Morgan fingerprint density at radius 1 is 1.00 bits per heavy atom. The van der Waals surface area contributed by atoms with Crippen molar-refractivity contribution in [1.82, 2.24) is 0 Å². The molecule has 2 nitrogen and oxygen atoms in total. The molecule has 2 heteroatoms. The third kappa shape index (κ3) is 2.35. The van der Waals surface area contributed by atoms with Crippen LogP contribution in [0.1, 0.15) is 51.4 Å². The highest BCUT2D eigenvalue weighted by atomic mass is 16.3. The van der Waals surface area contributed by atoms with Gasteiger partial charge < -0.3 is 5.11 Å². The van der Waals surface area contributed by atoms with E-state index in [9.17, 15) is 9.90 Å². The van der Waals surface area contributed by atoms with Gasteiger partial charge in [0.15, 0.2) is 5.78 Å². The smallest absolute Gasteiger partial charge is 0.164 e. The van der Waals surface area contributed by atoms with Crippen molar-refractivity contribution in [3.05, 3.63) is 0 Å². The Hall–Kier alpha value is -0.370. The Bertz CT molecular complexity index is 200. The zero-order valence-electron chi connectivity index (χ0n) is 8.74. The van der Waals surface area contributed by atoms with Gasteiger partial charge >= 0.3 is 0 Å². The fourth-order valence-corrected chi connectivity index (χ4v) is 2.45. The predicted octanol–water partition coefficient (Wildman–Crippen LogP) is 2.30. The van der Waals surface area contributed by atoms with Gasteiger partial charge in [-0.3, -0.25) is 4.79 Å². The van der Waals surface area contributed by atoms with Crippen LogP contribution >= 0.6 is 0 Å². The highest BCUT2D eigenvalue weighted by molar-refractivity contribution is 5.85. The van der Waals surface area contributed by atoms with E-state index in [0.29, 0.717) is 5.92 Å². The standard InChI is InChI=1S/C12H20O2/c13-11(12(14)10-7-8-10)9-5-3-1-2-4-6-9/h9-10,12,14H,1-8H2. The summed E-state index contributed by atoms with van der Waals surface area (Å²) < 4.78 is 0. The quantitative estimate of drug-likeness (QED) is 0.703. The lowest BCUT2D eigenvalue weighted by atomic mass is 9.91. The van der Waals surface area contributed by atoms with Gasteiger partial charge in [0.2, 0.25) is 0 Å². The molecule has 2 rings (SSSR count). The molecule has 0 radical (unpaired) electrons. The minimum atomic E-state index is -0.627. The first-order chi connectivity index (χ1) is 6.79. The number of ketones is 1. The molecule has 1 unspecified atom stereocenters. The van der Waals surface area contributed by atoms with Gasteiger partial charge in [-0.05, 0) is 31.6 Å². The highest BCUT2D eigenvalue weighted by Crippen LogP contribution is 2.35. The van der Waals surface area contributed by atoms with Gasteiger partial charge in [0.05, 0.1) is 0 Å². The molecule has 2 fully saturated rings. The molecule has 0 aromatic heterocycles. The van der Waals surface area contributed by atoms with Crippen LogP contribution in [0, 0.1) is 11.8 Å². The number of carbonyl (C=O) groups excluding carboxylic acids is 1. The molecule has 0 saturated heterocycles. The first-order valence-electron chi connectivity index (χ1n) is 6.01. The Balaban J connectivity index is 1.87. The van der Waals surface area contributed by atoms with Crippen LogP contribution in [0.3, 0.4) is 0 Å². The first-order valence-corrected chi connectivity index (χ1v) is 6.01. The summed E-state index contributed by atoms with van der Waals surface area (Å²) in [6.07, 6.45) is 8.40. The van der Waals surface area contributed by atoms with E-state index >= 15 is 0 Å². The minimum absolute atomic E-state index is 0.148. The lowest BCUT2D eigenvalue weighted by Gasteiger charge is -2.16. The largest absolute Gasteiger partial charge is 0.385 e. The lowest BCUT2D eigenvalue weighted by molar-refractivity contribution is -0.132. The number of hydrogen-bond donors (Lipinski definition) is 1. The van der Waals surface area contributed by atoms with Crippen molar-refractivity contribution >= 4 is 5.78 Å². The minimum Gasteiger partial charge on any atom is -0.385 e. The van der Waals surface area contributed by atoms with Crippen molar-refractivity contribution in [1.29, 1.82) is 0 Å². The van der Waals surface area contributed by atoms with Gasteiger partial charge in [-0.25, -0.2) is 0 Å². The third-order valence-electron chi connectivity index (χ3n) is 3.62. The molecule has 0 amide bonds. The maximum absolute atomic E-state index is 11.9. The first kappa shape index (κ1) is 10.2. The van der Waals surface area contributed by atoms with Crippen LogP contribution in [0.15, 0.2) is 0 Å². The Morgan fingerprint density at radius 3 is 2.07 bits per heavy atom. The number of rotatable bonds is 3. The summed E-state index contributed by atoms with van der Waals surface area (Å²) in [5.74, 6) is 0.633. The fraction of sp³-hybridized carbons (Fsp3) is 0.917. The predicted molar refractivity (Wildman–Crippen MR) is 54.9 cm³/mol. The van der Waals surface area contributed by atoms with Crippen molar-refractivity contribution in [3.63, 3.8) is 0 Å². The van der Waals surface area contributed by atoms with Gasteiger partial charge in [0, 0.05) is 5.92 Å². The van der Waals surface area contributed by atoms with Crippen molar-refractivity contribution in [2.45, 2.75) is 57.5 Å². The zero-order valence-corrected chi connectivity index (χ0v) is 8.74. The molecule has 2 aliphatic carbocycles. The maximum atomic E-state index is 11.9. The molecular weight excluding hydrogens is 176 g/mol. The van der Waals surface area contributed by atoms with Crippen LogP contribution in [0.2, 0.25) is 0 Å². The average Bonchev–Trinajstić information content (AvgIpc) is 3.02. The zero-order chi connectivity index (χ0) is 9.97. The summed E-state index contributed by atoms with van der Waals surface area (Å²) in [7, 11) is 0. The van der Waals surface area contributed by atoms with Gasteiger partial charge in [-0.2, -0.15) is 0 Å². The lowest BCUT2D eigenvalue weighted by Crippen LogP contribution is -2.29. The van der Waals surface area contributed by atoms with Crippen LogP contribution in [-0.4, -0.2) is 17.0 Å². The van der Waals surface area contributed by atoms with Gasteiger partial charge in [0.1, 0.15) is 6.10 Å². The third-order valence-corrected chi connectivity index (χ3v) is 3.62. The second-order valence-corrected chi connectivity index (χ2v) is 4.87. The van der Waals surface area contributed by atoms with E-state index in [-0.39, 0.29) is 11.7 Å². The normalized spacial score (nSPS) is 26.9. The van der Waals surface area contributed by atoms with Crippen LogP contribution in [-0.2, 0) is 4.79 Å². The molecule has 2 aliphatic rings. The van der Waals surface area contributed by atoms with E-state index in [1.807, 2.05) is 0 Å². The number of aliphatic hydroxyl groups excluding tert-OH is 1. The van der Waals surface area contributed by atoms with Gasteiger partial charge in [0.25, 0.3) is 0 Å². The summed E-state index contributed by atoms with van der Waals surface area (Å²) in [4.78, 5) is 11.9. The summed E-state index contributed by atoms with van der Waals surface area (Å²) in [6, 6.07) is 0. The average molecular weight is 196 g/mol. The molecule has 0 spiro atoms. The summed E-state index contributed by atoms with van der Waals surface area (Å²) in [6.45, 7) is 0. The van der Waals surface area contributed by atoms with Crippen LogP contribution in [0.4, 0.5) is 0 Å². The Kier molecular flexibility index (Phi) is 3.22. The number of hydrogen-bond acceptors (Lipinski definition) is 2. The second kappa shape index (κ2) is 4.43. The van der Waals surface area contributed by atoms with Crippen LogP contribution in [0.5, 0.6) is 0 Å². The van der Waals surface area contributed by atoms with E-state index < -0.39 is 6.10 Å². The highest BCUT2D eigenvalue weighted by Gasteiger charge is 2.37. The molecule has 1 atom stereocenters. The van der Waals surface area contributed by atoms with E-state index in [1.54, 1.807) is 0 Å². The monoisotopic (exact) mass is 196 g/mol. The van der Waals surface area contributed by atoms with Crippen molar-refractivity contribution < 1.29 is 9.90 Å². The maximum Gasteiger partial charge on any atom is 0.164 e. The Morgan fingerprint density at radius 2 is 1.57 bits per heavy atom. The van der Waals surface area contributed by atoms with Crippen molar-refractivity contribution in [2.24, 2.45) is 11.8 Å². The topological polar surface area (TPSA) is 37.3 Å². The molecule has 0 heterocycles. The second-order valence-electron chi connectivity index (χ2n) is 4.87. The Labute approximate surface area is 85.7 Å². The van der Waals surface area contributed by atoms with E-state index in [1.165, 1.54) is 25.7 Å². The van der Waals surface area contributed by atoms with Gasteiger partial charge in [-0.15, -0.1) is 0 Å². The van der Waals surface area contributed by atoms with E-state index in [4.69, 9.17) is 0 Å². The fourth-order valence-electron chi connectivity index (χ4n) is 2.45. The van der Waals surface area contributed by atoms with Crippen LogP contribution < -0.4 is 0 Å². The van der Waals surface area contributed by atoms with E-state index in [0.717, 1.165) is 25.7 Å². The number of carbonyl (C=O) groups is 1. The summed E-state index contributed by atoms with van der Waals surface area (Å²) >= 11 is 0.